The van der Waals surface area contributed by atoms with Crippen LogP contribution in [0.4, 0.5) is 0 Å². The van der Waals surface area contributed by atoms with Crippen LogP contribution in [0.1, 0.15) is 44.9 Å². The summed E-state index contributed by atoms with van der Waals surface area (Å²) in [4.78, 5) is 12.1. The zero-order chi connectivity index (χ0) is 12.1. The van der Waals surface area contributed by atoms with Gasteiger partial charge in [-0.1, -0.05) is 19.3 Å². The number of hydrogen-bond donors (Lipinski definition) is 2. The van der Waals surface area contributed by atoms with E-state index in [2.05, 4.69) is 5.32 Å². The SMILES string of the molecule is NC1(C(=O)NCC2CCCOC2)CCCCC1. The maximum absolute atomic E-state index is 12.1. The van der Waals surface area contributed by atoms with E-state index in [0.717, 1.165) is 58.3 Å². The molecule has 0 aromatic heterocycles. The molecule has 98 valence electrons. The van der Waals surface area contributed by atoms with Crippen LogP contribution < -0.4 is 11.1 Å². The topological polar surface area (TPSA) is 64.4 Å². The lowest BCUT2D eigenvalue weighted by molar-refractivity contribution is -0.127. The van der Waals surface area contributed by atoms with E-state index >= 15 is 0 Å². The van der Waals surface area contributed by atoms with E-state index in [4.69, 9.17) is 10.5 Å². The summed E-state index contributed by atoms with van der Waals surface area (Å²) in [5, 5.41) is 3.02. The molecule has 1 heterocycles. The summed E-state index contributed by atoms with van der Waals surface area (Å²) in [7, 11) is 0. The fourth-order valence-electron chi connectivity index (χ4n) is 2.79. The van der Waals surface area contributed by atoms with Crippen molar-refractivity contribution in [2.24, 2.45) is 11.7 Å². The van der Waals surface area contributed by atoms with Gasteiger partial charge in [0.15, 0.2) is 0 Å². The highest BCUT2D eigenvalue weighted by Crippen LogP contribution is 2.26. The highest BCUT2D eigenvalue weighted by molar-refractivity contribution is 5.86. The smallest absolute Gasteiger partial charge is 0.240 e. The van der Waals surface area contributed by atoms with Crippen molar-refractivity contribution in [1.82, 2.24) is 5.32 Å². The average Bonchev–Trinajstić information content (AvgIpc) is 2.38. The molecule has 0 spiro atoms. The summed E-state index contributed by atoms with van der Waals surface area (Å²) in [6.07, 6.45) is 7.29. The molecule has 1 amide bonds. The number of hydrogen-bond acceptors (Lipinski definition) is 3. The summed E-state index contributed by atoms with van der Waals surface area (Å²) in [6.45, 7) is 2.36. The van der Waals surface area contributed by atoms with Gasteiger partial charge in [0.2, 0.25) is 5.91 Å². The summed E-state index contributed by atoms with van der Waals surface area (Å²) in [6, 6.07) is 0. The molecular weight excluding hydrogens is 216 g/mol. The first-order valence-corrected chi connectivity index (χ1v) is 6.86. The fraction of sp³-hybridized carbons (Fsp3) is 0.923. The normalized spacial score (nSPS) is 28.6. The Balaban J connectivity index is 1.75. The first-order chi connectivity index (χ1) is 8.21. The number of ether oxygens (including phenoxy) is 1. The molecule has 1 unspecified atom stereocenters. The Hall–Kier alpha value is -0.610. The quantitative estimate of drug-likeness (QED) is 0.779. The molecule has 2 aliphatic rings. The second-order valence-electron chi connectivity index (χ2n) is 5.51. The third kappa shape index (κ3) is 3.42. The Morgan fingerprint density at radius 3 is 2.71 bits per heavy atom. The number of rotatable bonds is 3. The van der Waals surface area contributed by atoms with E-state index in [1.54, 1.807) is 0 Å². The average molecular weight is 240 g/mol. The molecule has 1 saturated carbocycles. The van der Waals surface area contributed by atoms with Crippen LogP contribution in [0, 0.1) is 5.92 Å². The van der Waals surface area contributed by atoms with Crippen LogP contribution in [0.15, 0.2) is 0 Å². The Labute approximate surface area is 103 Å². The van der Waals surface area contributed by atoms with Crippen LogP contribution in [-0.2, 0) is 9.53 Å². The summed E-state index contributed by atoms with van der Waals surface area (Å²) in [5.74, 6) is 0.516. The standard InChI is InChI=1S/C13H24N2O2/c14-13(6-2-1-3-7-13)12(16)15-9-11-5-4-8-17-10-11/h11H,1-10,14H2,(H,15,16). The van der Waals surface area contributed by atoms with Crippen molar-refractivity contribution in [3.8, 4) is 0 Å². The maximum atomic E-state index is 12.1. The fourth-order valence-corrected chi connectivity index (χ4v) is 2.79. The molecule has 4 nitrogen and oxygen atoms in total. The lowest BCUT2D eigenvalue weighted by Gasteiger charge is -2.32. The van der Waals surface area contributed by atoms with Gasteiger partial charge in [-0.25, -0.2) is 0 Å². The molecule has 4 heteroatoms. The minimum Gasteiger partial charge on any atom is -0.381 e. The van der Waals surface area contributed by atoms with E-state index in [1.165, 1.54) is 6.42 Å². The highest BCUT2D eigenvalue weighted by Gasteiger charge is 2.35. The zero-order valence-electron chi connectivity index (χ0n) is 10.5. The number of amides is 1. The maximum Gasteiger partial charge on any atom is 0.240 e. The molecule has 3 N–H and O–H groups in total. The van der Waals surface area contributed by atoms with Gasteiger partial charge < -0.3 is 15.8 Å². The predicted molar refractivity (Wildman–Crippen MR) is 66.6 cm³/mol. The Morgan fingerprint density at radius 2 is 2.06 bits per heavy atom. The van der Waals surface area contributed by atoms with Crippen molar-refractivity contribution >= 4 is 5.91 Å². The Kier molecular flexibility index (Phi) is 4.40. The third-order valence-electron chi connectivity index (χ3n) is 4.00. The van der Waals surface area contributed by atoms with Crippen LogP contribution in [-0.4, -0.2) is 31.2 Å². The lowest BCUT2D eigenvalue weighted by atomic mass is 9.82. The molecule has 1 aliphatic heterocycles. The van der Waals surface area contributed by atoms with Crippen LogP contribution in [0.5, 0.6) is 0 Å². The van der Waals surface area contributed by atoms with Crippen molar-refractivity contribution in [3.05, 3.63) is 0 Å². The molecule has 0 bridgehead atoms. The van der Waals surface area contributed by atoms with Gasteiger partial charge in [-0.2, -0.15) is 0 Å². The van der Waals surface area contributed by atoms with Gasteiger partial charge in [0.05, 0.1) is 12.1 Å². The molecule has 1 atom stereocenters. The van der Waals surface area contributed by atoms with Crippen molar-refractivity contribution < 1.29 is 9.53 Å². The predicted octanol–water partition coefficient (Wildman–Crippen LogP) is 1.19. The molecule has 0 aromatic carbocycles. The van der Waals surface area contributed by atoms with Crippen molar-refractivity contribution in [1.29, 1.82) is 0 Å². The number of carbonyl (C=O) groups is 1. The van der Waals surface area contributed by atoms with Crippen LogP contribution in [0.25, 0.3) is 0 Å². The van der Waals surface area contributed by atoms with E-state index < -0.39 is 5.54 Å². The molecule has 2 rings (SSSR count). The Bertz CT molecular complexity index is 256. The van der Waals surface area contributed by atoms with Gasteiger partial charge in [0.1, 0.15) is 0 Å². The first kappa shape index (κ1) is 12.8. The van der Waals surface area contributed by atoms with E-state index in [1.807, 2.05) is 0 Å². The van der Waals surface area contributed by atoms with Gasteiger partial charge in [0, 0.05) is 13.2 Å². The van der Waals surface area contributed by atoms with Crippen molar-refractivity contribution in [3.63, 3.8) is 0 Å². The van der Waals surface area contributed by atoms with Crippen LogP contribution >= 0.6 is 0 Å². The van der Waals surface area contributed by atoms with Crippen molar-refractivity contribution in [2.45, 2.75) is 50.5 Å². The third-order valence-corrected chi connectivity index (χ3v) is 4.00. The molecule has 0 radical (unpaired) electrons. The summed E-state index contributed by atoms with van der Waals surface area (Å²) >= 11 is 0. The van der Waals surface area contributed by atoms with Crippen molar-refractivity contribution in [2.75, 3.05) is 19.8 Å². The molecule has 1 aliphatic carbocycles. The van der Waals surface area contributed by atoms with Gasteiger partial charge in [-0.3, -0.25) is 4.79 Å². The number of nitrogens with one attached hydrogen (secondary N) is 1. The minimum atomic E-state index is -0.603. The minimum absolute atomic E-state index is 0.0442. The molecule has 0 aromatic rings. The molecular formula is C13H24N2O2. The van der Waals surface area contributed by atoms with Crippen LogP contribution in [0.3, 0.4) is 0 Å². The van der Waals surface area contributed by atoms with Gasteiger partial charge in [-0.15, -0.1) is 0 Å². The molecule has 2 fully saturated rings. The van der Waals surface area contributed by atoms with Crippen LogP contribution in [0.2, 0.25) is 0 Å². The zero-order valence-corrected chi connectivity index (χ0v) is 10.5. The number of carbonyl (C=O) groups excluding carboxylic acids is 1. The van der Waals surface area contributed by atoms with E-state index in [9.17, 15) is 4.79 Å². The second-order valence-corrected chi connectivity index (χ2v) is 5.51. The van der Waals surface area contributed by atoms with E-state index in [0.29, 0.717) is 5.92 Å². The summed E-state index contributed by atoms with van der Waals surface area (Å²) in [5.41, 5.74) is 5.57. The van der Waals surface area contributed by atoms with E-state index in [-0.39, 0.29) is 5.91 Å². The lowest BCUT2D eigenvalue weighted by Crippen LogP contribution is -2.55. The molecule has 17 heavy (non-hydrogen) atoms. The first-order valence-electron chi connectivity index (χ1n) is 6.86. The number of nitrogens with two attached hydrogens (primary N) is 1. The monoisotopic (exact) mass is 240 g/mol. The summed E-state index contributed by atoms with van der Waals surface area (Å²) < 4.78 is 5.40. The second kappa shape index (κ2) is 5.83. The van der Waals surface area contributed by atoms with Gasteiger partial charge in [-0.05, 0) is 31.6 Å². The van der Waals surface area contributed by atoms with Gasteiger partial charge in [0.25, 0.3) is 0 Å². The molecule has 1 saturated heterocycles. The van der Waals surface area contributed by atoms with Gasteiger partial charge >= 0.3 is 0 Å². The highest BCUT2D eigenvalue weighted by atomic mass is 16.5. The largest absolute Gasteiger partial charge is 0.381 e. The Morgan fingerprint density at radius 1 is 1.29 bits per heavy atom.